The molecule has 2 aromatic carbocycles. The number of nitrogens with two attached hydrogens (primary N) is 2. The summed E-state index contributed by atoms with van der Waals surface area (Å²) >= 11 is 0. The van der Waals surface area contributed by atoms with Crippen LogP contribution < -0.4 is 11.5 Å². The number of benzene rings is 2. The van der Waals surface area contributed by atoms with Crippen LogP contribution in [0.15, 0.2) is 24.3 Å². The Morgan fingerprint density at radius 2 is 0.780 bits per heavy atom. The van der Waals surface area contributed by atoms with Crippen molar-refractivity contribution in [3.05, 3.63) is 57.6 Å². The Hall–Kier alpha value is -3.02. The van der Waals surface area contributed by atoms with Gasteiger partial charge >= 0.3 is 0 Å². The smallest absolute Gasteiger partial charge is 0.220 e. The van der Waals surface area contributed by atoms with Crippen molar-refractivity contribution in [1.29, 1.82) is 0 Å². The number of hydrogen-bond donors (Lipinski definition) is 4. The molecule has 6 N–H and O–H groups in total. The molecule has 0 bridgehead atoms. The maximum absolute atomic E-state index is 12.7. The third kappa shape index (κ3) is 8.50. The normalized spacial score (nSPS) is 14.5. The van der Waals surface area contributed by atoms with E-state index in [2.05, 4.69) is 0 Å². The van der Waals surface area contributed by atoms with Crippen molar-refractivity contribution in [3.8, 4) is 11.5 Å². The van der Waals surface area contributed by atoms with E-state index in [1.807, 2.05) is 107 Å². The number of rotatable bonds is 8. The first-order valence-corrected chi connectivity index (χ1v) is 14.7. The van der Waals surface area contributed by atoms with Gasteiger partial charge in [-0.2, -0.15) is 0 Å². The number of phenolic OH excluding ortho intramolecular Hbond substituents is 2. The summed E-state index contributed by atoms with van der Waals surface area (Å²) in [5.41, 5.74) is 15.6. The monoisotopic (exact) mass is 566 g/mol. The average molecular weight is 567 g/mol. The van der Waals surface area contributed by atoms with E-state index in [9.17, 15) is 19.8 Å². The first-order valence-electron chi connectivity index (χ1n) is 14.7. The molecule has 2 aromatic rings. The Balaban J connectivity index is 2.54. The first kappa shape index (κ1) is 34.2. The van der Waals surface area contributed by atoms with Gasteiger partial charge in [0.25, 0.3) is 0 Å². The highest BCUT2D eigenvalue weighted by Gasteiger charge is 2.31. The Morgan fingerprint density at radius 1 is 0.561 bits per heavy atom. The topological polar surface area (TPSA) is 127 Å². The molecule has 0 fully saturated rings. The molecule has 0 heterocycles. The third-order valence-electron chi connectivity index (χ3n) is 7.91. The lowest BCUT2D eigenvalue weighted by Gasteiger charge is -2.29. The van der Waals surface area contributed by atoms with Crippen molar-refractivity contribution >= 4 is 11.8 Å². The largest absolute Gasteiger partial charge is 0.507 e. The Bertz CT molecular complexity index is 1110. The molecule has 6 heteroatoms. The predicted molar refractivity (Wildman–Crippen MR) is 168 cm³/mol. The van der Waals surface area contributed by atoms with Crippen LogP contribution in [0.4, 0.5) is 0 Å². The summed E-state index contributed by atoms with van der Waals surface area (Å²) in [4.78, 5) is 25.5. The van der Waals surface area contributed by atoms with E-state index in [0.29, 0.717) is 12.8 Å². The number of hydrogen-bond acceptors (Lipinski definition) is 4. The van der Waals surface area contributed by atoms with E-state index in [0.717, 1.165) is 33.4 Å². The van der Waals surface area contributed by atoms with E-state index in [4.69, 9.17) is 11.5 Å². The lowest BCUT2D eigenvalue weighted by atomic mass is 9.76. The number of carbonyl (C=O) groups is 2. The van der Waals surface area contributed by atoms with Gasteiger partial charge in [0.05, 0.1) is 0 Å². The molecule has 6 nitrogen and oxygen atoms in total. The fourth-order valence-electron chi connectivity index (χ4n) is 5.42. The minimum atomic E-state index is -0.626. The van der Waals surface area contributed by atoms with Gasteiger partial charge in [-0.3, -0.25) is 9.59 Å². The molecule has 2 amide bonds. The van der Waals surface area contributed by atoms with Crippen molar-refractivity contribution in [2.24, 2.45) is 23.3 Å². The zero-order chi connectivity index (χ0) is 31.9. The molecule has 0 aromatic heterocycles. The van der Waals surface area contributed by atoms with Crippen LogP contribution in [-0.2, 0) is 44.1 Å². The number of aromatic hydroxyl groups is 2. The quantitative estimate of drug-likeness (QED) is 0.285. The van der Waals surface area contributed by atoms with E-state index < -0.39 is 23.7 Å². The van der Waals surface area contributed by atoms with Crippen LogP contribution in [0.2, 0.25) is 0 Å². The molecular weight excluding hydrogens is 512 g/mol. The molecule has 41 heavy (non-hydrogen) atoms. The van der Waals surface area contributed by atoms with E-state index in [1.165, 1.54) is 0 Å². The van der Waals surface area contributed by atoms with Crippen molar-refractivity contribution in [1.82, 2.24) is 0 Å². The summed E-state index contributed by atoms with van der Waals surface area (Å²) < 4.78 is 0. The van der Waals surface area contributed by atoms with Gasteiger partial charge in [0, 0.05) is 11.8 Å². The summed E-state index contributed by atoms with van der Waals surface area (Å²) in [6.45, 7) is 24.5. The molecule has 0 aliphatic carbocycles. The molecule has 228 valence electrons. The zero-order valence-corrected chi connectivity index (χ0v) is 27.5. The standard InChI is InChI=1S/C35H54N2O4/c1-32(2,3)24-15-20(16-25(28(24)38)33(4,5)6)13-22(30(36)40)19-23(31(37)41)14-21-17-26(34(7,8)9)29(39)27(18-21)35(10,11)12/h15-18,22-23,38-39H,13-14,19H2,1-12H3,(H2,36,40)(H2,37,41). The summed E-state index contributed by atoms with van der Waals surface area (Å²) in [6.07, 6.45) is 0.876. The molecular formula is C35H54N2O4. The molecule has 0 aliphatic rings. The van der Waals surface area contributed by atoms with Crippen molar-refractivity contribution in [3.63, 3.8) is 0 Å². The second kappa shape index (κ2) is 11.7. The second-order valence-electron chi connectivity index (χ2n) is 15.9. The Labute approximate surface area is 247 Å². The van der Waals surface area contributed by atoms with E-state index in [1.54, 1.807) is 0 Å². The van der Waals surface area contributed by atoms with Crippen LogP contribution in [0.3, 0.4) is 0 Å². The lowest BCUT2D eigenvalue weighted by Crippen LogP contribution is -2.33. The highest BCUT2D eigenvalue weighted by molar-refractivity contribution is 5.80. The highest BCUT2D eigenvalue weighted by atomic mass is 16.3. The number of phenols is 2. The van der Waals surface area contributed by atoms with Gasteiger partial charge in [-0.15, -0.1) is 0 Å². The minimum Gasteiger partial charge on any atom is -0.507 e. The second-order valence-corrected chi connectivity index (χ2v) is 15.9. The fourth-order valence-corrected chi connectivity index (χ4v) is 5.42. The number of amides is 2. The molecule has 0 radical (unpaired) electrons. The van der Waals surface area contributed by atoms with Gasteiger partial charge in [0.1, 0.15) is 11.5 Å². The van der Waals surface area contributed by atoms with Crippen molar-refractivity contribution in [2.75, 3.05) is 0 Å². The first-order chi connectivity index (χ1) is 18.3. The molecule has 0 aliphatic heterocycles. The van der Waals surface area contributed by atoms with Gasteiger partial charge in [-0.25, -0.2) is 0 Å². The highest BCUT2D eigenvalue weighted by Crippen LogP contribution is 2.42. The Kier molecular flexibility index (Phi) is 9.75. The SMILES string of the molecule is CC(C)(C)c1cc(CC(CC(Cc2cc(C(C)(C)C)c(O)c(C(C)(C)C)c2)C(N)=O)C(N)=O)cc(C(C)(C)C)c1O. The van der Waals surface area contributed by atoms with Crippen LogP contribution >= 0.6 is 0 Å². The van der Waals surface area contributed by atoms with Gasteiger partial charge in [0.2, 0.25) is 11.8 Å². The molecule has 0 spiro atoms. The molecule has 2 atom stereocenters. The molecule has 2 rings (SSSR count). The molecule has 0 saturated carbocycles. The van der Waals surface area contributed by atoms with Crippen LogP contribution in [-0.4, -0.2) is 22.0 Å². The average Bonchev–Trinajstić information content (AvgIpc) is 2.76. The summed E-state index contributed by atoms with van der Waals surface area (Å²) in [5.74, 6) is -1.68. The summed E-state index contributed by atoms with van der Waals surface area (Å²) in [7, 11) is 0. The van der Waals surface area contributed by atoms with E-state index >= 15 is 0 Å². The minimum absolute atomic E-state index is 0.206. The van der Waals surface area contributed by atoms with Crippen LogP contribution in [0.5, 0.6) is 11.5 Å². The maximum atomic E-state index is 12.7. The summed E-state index contributed by atoms with van der Waals surface area (Å²) in [6, 6.07) is 7.80. The van der Waals surface area contributed by atoms with Crippen molar-refractivity contribution < 1.29 is 19.8 Å². The lowest BCUT2D eigenvalue weighted by molar-refractivity contribution is -0.125. The van der Waals surface area contributed by atoms with Crippen LogP contribution in [0.25, 0.3) is 0 Å². The van der Waals surface area contributed by atoms with Gasteiger partial charge in [0.15, 0.2) is 0 Å². The third-order valence-corrected chi connectivity index (χ3v) is 7.91. The molecule has 0 saturated heterocycles. The van der Waals surface area contributed by atoms with Crippen LogP contribution in [0.1, 0.15) is 123 Å². The van der Waals surface area contributed by atoms with E-state index in [-0.39, 0.29) is 39.6 Å². The van der Waals surface area contributed by atoms with Gasteiger partial charge in [-0.1, -0.05) is 107 Å². The number of carbonyl (C=O) groups excluding carboxylic acids is 2. The van der Waals surface area contributed by atoms with Crippen LogP contribution in [0, 0.1) is 11.8 Å². The van der Waals surface area contributed by atoms with Gasteiger partial charge < -0.3 is 21.7 Å². The predicted octanol–water partition coefficient (Wildman–Crippen LogP) is 6.67. The maximum Gasteiger partial charge on any atom is 0.220 e. The number of primary amides is 2. The van der Waals surface area contributed by atoms with Crippen molar-refractivity contribution in [2.45, 2.75) is 124 Å². The van der Waals surface area contributed by atoms with Gasteiger partial charge in [-0.05, 0) is 74.3 Å². The molecule has 2 unspecified atom stereocenters. The fraction of sp³-hybridized carbons (Fsp3) is 0.600. The summed E-state index contributed by atoms with van der Waals surface area (Å²) in [5, 5.41) is 22.2. The Morgan fingerprint density at radius 3 is 0.951 bits per heavy atom. The zero-order valence-electron chi connectivity index (χ0n) is 27.5.